The SMILES string of the molecule is CCOc1nc(NCc2ccc(S(N)(=O)=O)cc2)nc2ccc(-c3cccc(NS(N)(=O)=O)c3)nc12. The monoisotopic (exact) mass is 529 g/mol. The molecule has 0 saturated heterocycles. The van der Waals surface area contributed by atoms with Gasteiger partial charge in [-0.15, -0.1) is 0 Å². The fraction of sp³-hybridized carbons (Fsp3) is 0.136. The van der Waals surface area contributed by atoms with Crippen molar-refractivity contribution in [1.82, 2.24) is 15.0 Å². The smallest absolute Gasteiger partial charge is 0.296 e. The Hall–Kier alpha value is -3.85. The summed E-state index contributed by atoms with van der Waals surface area (Å²) in [7, 11) is -7.68. The average molecular weight is 530 g/mol. The summed E-state index contributed by atoms with van der Waals surface area (Å²) in [6, 6.07) is 16.3. The Morgan fingerprint density at radius 3 is 2.33 bits per heavy atom. The summed E-state index contributed by atoms with van der Waals surface area (Å²) in [4.78, 5) is 13.6. The van der Waals surface area contributed by atoms with Gasteiger partial charge in [0.1, 0.15) is 0 Å². The first-order chi connectivity index (χ1) is 17.0. The summed E-state index contributed by atoms with van der Waals surface area (Å²) in [5.41, 5.74) is 3.27. The molecule has 0 unspecified atom stereocenters. The lowest BCUT2D eigenvalue weighted by Gasteiger charge is -2.12. The fourth-order valence-electron chi connectivity index (χ4n) is 3.35. The number of anilines is 2. The number of aromatic nitrogens is 3. The molecule has 4 aromatic rings. The van der Waals surface area contributed by atoms with Gasteiger partial charge in [0, 0.05) is 12.1 Å². The van der Waals surface area contributed by atoms with Gasteiger partial charge in [-0.25, -0.2) is 28.7 Å². The Kier molecular flexibility index (Phi) is 7.03. The van der Waals surface area contributed by atoms with E-state index in [0.29, 0.717) is 47.1 Å². The van der Waals surface area contributed by atoms with Crippen molar-refractivity contribution in [3.05, 3.63) is 66.2 Å². The highest BCUT2D eigenvalue weighted by atomic mass is 32.2. The fourth-order valence-corrected chi connectivity index (χ4v) is 4.32. The van der Waals surface area contributed by atoms with Gasteiger partial charge in [-0.3, -0.25) is 4.72 Å². The number of ether oxygens (including phenoxy) is 1. The Morgan fingerprint density at radius 2 is 1.67 bits per heavy atom. The number of sulfonamides is 1. The van der Waals surface area contributed by atoms with Crippen molar-refractivity contribution in [3.63, 3.8) is 0 Å². The third kappa shape index (κ3) is 6.23. The second-order valence-corrected chi connectivity index (χ2v) is 10.5. The van der Waals surface area contributed by atoms with Crippen molar-refractivity contribution in [2.75, 3.05) is 16.6 Å². The standard InChI is InChI=1S/C22H23N7O5S2/c1-2-34-21-20-19(11-10-18(26-20)15-4-3-5-16(12-15)29-36(24,32)33)27-22(28-21)25-13-14-6-8-17(9-7-14)35(23,30)31/h3-12,29H,2,13H2,1H3,(H2,23,30,31)(H2,24,32,33)(H,25,27,28). The summed E-state index contributed by atoms with van der Waals surface area (Å²) >= 11 is 0. The maximum Gasteiger partial charge on any atom is 0.296 e. The quantitative estimate of drug-likeness (QED) is 0.251. The molecule has 4 rings (SSSR count). The molecule has 12 nitrogen and oxygen atoms in total. The lowest BCUT2D eigenvalue weighted by Crippen LogP contribution is -2.21. The van der Waals surface area contributed by atoms with E-state index in [4.69, 9.17) is 15.0 Å². The third-order valence-corrected chi connectivity index (χ3v) is 6.36. The molecule has 14 heteroatoms. The summed E-state index contributed by atoms with van der Waals surface area (Å²) < 4.78 is 53.5. The van der Waals surface area contributed by atoms with Gasteiger partial charge in [0.15, 0.2) is 5.52 Å². The van der Waals surface area contributed by atoms with Gasteiger partial charge in [0.2, 0.25) is 21.9 Å². The highest BCUT2D eigenvalue weighted by Crippen LogP contribution is 2.28. The van der Waals surface area contributed by atoms with Crippen LogP contribution in [-0.4, -0.2) is 38.4 Å². The number of fused-ring (bicyclic) bond motifs is 1. The number of benzene rings is 2. The minimum Gasteiger partial charge on any atom is -0.476 e. The van der Waals surface area contributed by atoms with Gasteiger partial charge >= 0.3 is 0 Å². The normalized spacial score (nSPS) is 11.9. The van der Waals surface area contributed by atoms with E-state index in [1.807, 2.05) is 6.92 Å². The molecule has 0 fully saturated rings. The molecule has 2 aromatic heterocycles. The predicted octanol–water partition coefficient (Wildman–Crippen LogP) is 1.97. The molecule has 0 aliphatic heterocycles. The molecule has 0 saturated carbocycles. The lowest BCUT2D eigenvalue weighted by atomic mass is 10.1. The molecule has 0 aliphatic rings. The van der Waals surface area contributed by atoms with Crippen LogP contribution in [0.2, 0.25) is 0 Å². The molecule has 0 aliphatic carbocycles. The van der Waals surface area contributed by atoms with Crippen LogP contribution in [0.3, 0.4) is 0 Å². The Labute approximate surface area is 208 Å². The minimum absolute atomic E-state index is 0.0275. The molecule has 0 bridgehead atoms. The van der Waals surface area contributed by atoms with Crippen molar-refractivity contribution in [2.45, 2.75) is 18.4 Å². The van der Waals surface area contributed by atoms with Crippen molar-refractivity contribution in [3.8, 4) is 17.1 Å². The number of hydrogen-bond donors (Lipinski definition) is 4. The van der Waals surface area contributed by atoms with E-state index in [1.165, 1.54) is 12.1 Å². The van der Waals surface area contributed by atoms with E-state index in [2.05, 4.69) is 25.0 Å². The number of hydrogen-bond acceptors (Lipinski definition) is 9. The van der Waals surface area contributed by atoms with E-state index in [9.17, 15) is 16.8 Å². The summed E-state index contributed by atoms with van der Waals surface area (Å²) in [6.07, 6.45) is 0. The van der Waals surface area contributed by atoms with Gasteiger partial charge in [-0.2, -0.15) is 13.4 Å². The van der Waals surface area contributed by atoms with Crippen LogP contribution in [0.1, 0.15) is 12.5 Å². The molecular formula is C22H23N7O5S2. The van der Waals surface area contributed by atoms with Crippen LogP contribution in [0.15, 0.2) is 65.6 Å². The van der Waals surface area contributed by atoms with Gasteiger partial charge < -0.3 is 10.1 Å². The van der Waals surface area contributed by atoms with Crippen molar-refractivity contribution >= 4 is 42.9 Å². The van der Waals surface area contributed by atoms with Crippen molar-refractivity contribution in [2.24, 2.45) is 10.3 Å². The molecule has 6 N–H and O–H groups in total. The van der Waals surface area contributed by atoms with E-state index >= 15 is 0 Å². The summed E-state index contributed by atoms with van der Waals surface area (Å²) in [5, 5.41) is 13.3. The largest absolute Gasteiger partial charge is 0.476 e. The molecule has 0 spiro atoms. The molecule has 0 atom stereocenters. The zero-order valence-electron chi connectivity index (χ0n) is 19.0. The van der Waals surface area contributed by atoms with Gasteiger partial charge in [-0.1, -0.05) is 24.3 Å². The molecular weight excluding hydrogens is 506 g/mol. The molecule has 2 aromatic carbocycles. The number of nitrogens with zero attached hydrogens (tertiary/aromatic N) is 3. The highest BCUT2D eigenvalue weighted by Gasteiger charge is 2.13. The van der Waals surface area contributed by atoms with Gasteiger partial charge in [0.05, 0.1) is 28.4 Å². The van der Waals surface area contributed by atoms with Crippen molar-refractivity contribution in [1.29, 1.82) is 0 Å². The van der Waals surface area contributed by atoms with Crippen LogP contribution in [0.5, 0.6) is 5.88 Å². The number of primary sulfonamides is 1. The molecule has 36 heavy (non-hydrogen) atoms. The van der Waals surface area contributed by atoms with Crippen LogP contribution in [-0.2, 0) is 26.8 Å². The van der Waals surface area contributed by atoms with Crippen LogP contribution >= 0.6 is 0 Å². The molecule has 0 amide bonds. The van der Waals surface area contributed by atoms with Crippen molar-refractivity contribution < 1.29 is 21.6 Å². The van der Waals surface area contributed by atoms with Crippen LogP contribution in [0, 0.1) is 0 Å². The summed E-state index contributed by atoms with van der Waals surface area (Å²) in [5.74, 6) is 0.575. The Bertz CT molecular complexity index is 1630. The third-order valence-electron chi connectivity index (χ3n) is 4.91. The second kappa shape index (κ2) is 10.0. The van der Waals surface area contributed by atoms with E-state index in [-0.39, 0.29) is 10.8 Å². The second-order valence-electron chi connectivity index (χ2n) is 7.62. The van der Waals surface area contributed by atoms with E-state index in [0.717, 1.165) is 5.56 Å². The van der Waals surface area contributed by atoms with Crippen LogP contribution in [0.25, 0.3) is 22.3 Å². The van der Waals surface area contributed by atoms with Crippen LogP contribution in [0.4, 0.5) is 11.6 Å². The maximum absolute atomic E-state index is 11.4. The average Bonchev–Trinajstić information content (AvgIpc) is 2.81. The molecule has 0 radical (unpaired) electrons. The Morgan fingerprint density at radius 1 is 0.917 bits per heavy atom. The number of rotatable bonds is 9. The van der Waals surface area contributed by atoms with E-state index < -0.39 is 20.2 Å². The molecule has 2 heterocycles. The lowest BCUT2D eigenvalue weighted by molar-refractivity contribution is 0.330. The number of nitrogens with two attached hydrogens (primary N) is 2. The zero-order chi connectivity index (χ0) is 25.9. The van der Waals surface area contributed by atoms with Gasteiger partial charge in [0.25, 0.3) is 10.2 Å². The topological polar surface area (TPSA) is 192 Å². The van der Waals surface area contributed by atoms with Gasteiger partial charge in [-0.05, 0) is 48.9 Å². The zero-order valence-corrected chi connectivity index (χ0v) is 20.7. The predicted molar refractivity (Wildman–Crippen MR) is 136 cm³/mol. The first-order valence-electron chi connectivity index (χ1n) is 10.6. The maximum atomic E-state index is 11.4. The molecule has 188 valence electrons. The Balaban J connectivity index is 1.62. The van der Waals surface area contributed by atoms with E-state index in [1.54, 1.807) is 48.5 Å². The first-order valence-corrected chi connectivity index (χ1v) is 13.7. The van der Waals surface area contributed by atoms with Crippen LogP contribution < -0.4 is 25.1 Å². The minimum atomic E-state index is -3.91. The number of pyridine rings is 1. The number of nitrogens with one attached hydrogen (secondary N) is 2. The highest BCUT2D eigenvalue weighted by molar-refractivity contribution is 7.90. The first kappa shape index (κ1) is 25.2. The summed E-state index contributed by atoms with van der Waals surface area (Å²) in [6.45, 7) is 2.50.